The van der Waals surface area contributed by atoms with E-state index in [1.165, 1.54) is 29.5 Å². The minimum absolute atomic E-state index is 0.0431. The van der Waals surface area contributed by atoms with E-state index >= 15 is 4.39 Å². The van der Waals surface area contributed by atoms with Gasteiger partial charge >= 0.3 is 0 Å². The van der Waals surface area contributed by atoms with E-state index in [1.807, 2.05) is 9.80 Å². The molecule has 3 aromatic carbocycles. The molecule has 0 radical (unpaired) electrons. The lowest BCUT2D eigenvalue weighted by Gasteiger charge is -2.40. The Balaban J connectivity index is 1.24. The highest BCUT2D eigenvalue weighted by atomic mass is 35.5. The predicted molar refractivity (Wildman–Crippen MR) is 145 cm³/mol. The maximum absolute atomic E-state index is 15.1. The van der Waals surface area contributed by atoms with Crippen LogP contribution in [0.1, 0.15) is 15.9 Å². The molecule has 0 spiro atoms. The Morgan fingerprint density at radius 1 is 0.950 bits per heavy atom. The molecular weight excluding hydrogens is 545 g/mol. The average Bonchev–Trinajstić information content (AvgIpc) is 3.42. The Labute approximate surface area is 233 Å². The van der Waals surface area contributed by atoms with Gasteiger partial charge in [0.25, 0.3) is 5.91 Å². The highest BCUT2D eigenvalue weighted by Crippen LogP contribution is 2.30. The molecule has 8 nitrogen and oxygen atoms in total. The zero-order chi connectivity index (χ0) is 28.3. The maximum atomic E-state index is 15.1. The third-order valence-electron chi connectivity index (χ3n) is 6.83. The van der Waals surface area contributed by atoms with Crippen molar-refractivity contribution >= 4 is 28.9 Å². The van der Waals surface area contributed by atoms with Crippen LogP contribution in [-0.2, 0) is 12.1 Å². The first-order valence-corrected chi connectivity index (χ1v) is 12.9. The summed E-state index contributed by atoms with van der Waals surface area (Å²) in [5.74, 6) is -2.46. The van der Waals surface area contributed by atoms with Crippen molar-refractivity contribution in [2.45, 2.75) is 12.1 Å². The minimum atomic E-state index is -1.72. The predicted octanol–water partition coefficient (Wildman–Crippen LogP) is 4.31. The quantitative estimate of drug-likeness (QED) is 0.328. The number of amides is 1. The fourth-order valence-electron chi connectivity index (χ4n) is 4.83. The Morgan fingerprint density at radius 3 is 2.35 bits per heavy atom. The van der Waals surface area contributed by atoms with E-state index in [0.29, 0.717) is 48.1 Å². The number of nitrogens with zero attached hydrogens (tertiary/aromatic N) is 5. The zero-order valence-corrected chi connectivity index (χ0v) is 22.0. The Bertz CT molecular complexity index is 1480. The number of hydrogen-bond donors (Lipinski definition) is 2. The molecule has 1 aliphatic heterocycles. The molecule has 1 aliphatic rings. The molecule has 1 atom stereocenters. The van der Waals surface area contributed by atoms with Gasteiger partial charge in [0.15, 0.2) is 0 Å². The minimum Gasteiger partial charge on any atom is -0.382 e. The molecule has 1 fully saturated rings. The van der Waals surface area contributed by atoms with Crippen molar-refractivity contribution in [1.82, 2.24) is 19.7 Å². The molecular formula is C28H26ClF3N6O2. The van der Waals surface area contributed by atoms with Gasteiger partial charge in [-0.1, -0.05) is 17.7 Å². The Morgan fingerprint density at radius 2 is 1.70 bits per heavy atom. The highest BCUT2D eigenvalue weighted by Gasteiger charge is 2.36. The van der Waals surface area contributed by atoms with Gasteiger partial charge in [-0.2, -0.15) is 5.10 Å². The molecule has 5 rings (SSSR count). The average molecular weight is 571 g/mol. The largest absolute Gasteiger partial charge is 0.382 e. The van der Waals surface area contributed by atoms with E-state index in [9.17, 15) is 18.7 Å². The number of benzene rings is 3. The summed E-state index contributed by atoms with van der Waals surface area (Å²) in [7, 11) is 0. The maximum Gasteiger partial charge on any atom is 0.255 e. The fraction of sp³-hybridized carbons (Fsp3) is 0.250. The van der Waals surface area contributed by atoms with Gasteiger partial charge in [-0.15, -0.1) is 0 Å². The summed E-state index contributed by atoms with van der Waals surface area (Å²) >= 11 is 5.86. The molecule has 208 valence electrons. The molecule has 2 N–H and O–H groups in total. The van der Waals surface area contributed by atoms with Gasteiger partial charge in [-0.3, -0.25) is 9.69 Å². The van der Waals surface area contributed by atoms with Crippen molar-refractivity contribution in [2.75, 3.05) is 42.9 Å². The summed E-state index contributed by atoms with van der Waals surface area (Å²) in [6.45, 7) is 1.75. The van der Waals surface area contributed by atoms with Gasteiger partial charge in [0.05, 0.1) is 12.2 Å². The first-order valence-electron chi connectivity index (χ1n) is 12.5. The van der Waals surface area contributed by atoms with E-state index in [2.05, 4.69) is 15.4 Å². The number of hydrogen-bond acceptors (Lipinski definition) is 6. The van der Waals surface area contributed by atoms with Gasteiger partial charge in [0, 0.05) is 60.6 Å². The smallest absolute Gasteiger partial charge is 0.255 e. The Kier molecular flexibility index (Phi) is 8.06. The Hall–Kier alpha value is -3.93. The van der Waals surface area contributed by atoms with Gasteiger partial charge in [-0.25, -0.2) is 22.8 Å². The van der Waals surface area contributed by atoms with Crippen LogP contribution < -0.4 is 10.2 Å². The molecule has 2 heterocycles. The topological polar surface area (TPSA) is 86.5 Å². The third kappa shape index (κ3) is 6.27. The number of halogens is 4. The molecule has 1 unspecified atom stereocenters. The first-order chi connectivity index (χ1) is 19.2. The highest BCUT2D eigenvalue weighted by molar-refractivity contribution is 6.30. The van der Waals surface area contributed by atoms with Crippen molar-refractivity contribution < 1.29 is 23.1 Å². The van der Waals surface area contributed by atoms with E-state index in [4.69, 9.17) is 11.6 Å². The second kappa shape index (κ2) is 11.7. The molecule has 1 saturated heterocycles. The second-order valence-electron chi connectivity index (χ2n) is 9.64. The second-order valence-corrected chi connectivity index (χ2v) is 10.1. The van der Waals surface area contributed by atoms with Crippen molar-refractivity contribution in [1.29, 1.82) is 0 Å². The molecule has 0 aliphatic carbocycles. The number of carbonyl (C=O) groups is 1. The molecule has 12 heteroatoms. The molecule has 1 amide bonds. The van der Waals surface area contributed by atoms with Crippen LogP contribution in [0.2, 0.25) is 5.02 Å². The number of nitrogens with one attached hydrogen (secondary N) is 1. The number of β-amino-alcohol motifs (C(OH)–C–C–N with tert-alkyl or cyclic N) is 1. The molecule has 4 aromatic rings. The van der Waals surface area contributed by atoms with Gasteiger partial charge in [0.2, 0.25) is 0 Å². The summed E-state index contributed by atoms with van der Waals surface area (Å²) in [6, 6.07) is 14.0. The van der Waals surface area contributed by atoms with Gasteiger partial charge < -0.3 is 15.3 Å². The van der Waals surface area contributed by atoms with E-state index in [1.54, 1.807) is 36.4 Å². The van der Waals surface area contributed by atoms with Crippen LogP contribution in [0.3, 0.4) is 0 Å². The molecule has 0 bridgehead atoms. The number of carbonyl (C=O) groups excluding carboxylic acids is 1. The van der Waals surface area contributed by atoms with Crippen LogP contribution in [-0.4, -0.2) is 63.4 Å². The van der Waals surface area contributed by atoms with Crippen LogP contribution in [0.4, 0.5) is 24.5 Å². The SMILES string of the molecule is O=C(Nc1ccc(N2CCN(CC(O)(Cn3cncn3)c3ccc(F)cc3F)CC2)c(F)c1)c1ccc(Cl)cc1. The van der Waals surface area contributed by atoms with Crippen molar-refractivity contribution in [2.24, 2.45) is 0 Å². The lowest BCUT2D eigenvalue weighted by Crippen LogP contribution is -2.52. The third-order valence-corrected chi connectivity index (χ3v) is 7.08. The van der Waals surface area contributed by atoms with Crippen molar-refractivity contribution in [3.63, 3.8) is 0 Å². The monoisotopic (exact) mass is 570 g/mol. The van der Waals surface area contributed by atoms with Crippen molar-refractivity contribution in [3.8, 4) is 0 Å². The molecule has 0 saturated carbocycles. The summed E-state index contributed by atoms with van der Waals surface area (Å²) in [4.78, 5) is 20.1. The van der Waals surface area contributed by atoms with Gasteiger partial charge in [0.1, 0.15) is 35.7 Å². The number of rotatable bonds is 8. The van der Waals surface area contributed by atoms with Crippen LogP contribution >= 0.6 is 11.6 Å². The van der Waals surface area contributed by atoms with E-state index in [0.717, 1.165) is 12.1 Å². The van der Waals surface area contributed by atoms with Crippen LogP contribution in [0.25, 0.3) is 0 Å². The van der Waals surface area contributed by atoms with Crippen LogP contribution in [0.15, 0.2) is 73.3 Å². The van der Waals surface area contributed by atoms with Crippen LogP contribution in [0, 0.1) is 17.5 Å². The summed E-state index contributed by atoms with van der Waals surface area (Å²) in [5.41, 5.74) is -0.669. The van der Waals surface area contributed by atoms with Crippen LogP contribution in [0.5, 0.6) is 0 Å². The van der Waals surface area contributed by atoms with Crippen molar-refractivity contribution in [3.05, 3.63) is 107 Å². The summed E-state index contributed by atoms with van der Waals surface area (Å²) < 4.78 is 44.8. The normalized spacial score (nSPS) is 15.6. The molecule has 1 aromatic heterocycles. The summed E-state index contributed by atoms with van der Waals surface area (Å²) in [6.07, 6.45) is 2.72. The van der Waals surface area contributed by atoms with Gasteiger partial charge in [-0.05, 0) is 48.5 Å². The van der Waals surface area contributed by atoms with E-state index < -0.39 is 23.1 Å². The standard InChI is InChI=1S/C28H26ClF3N6O2/c29-20-3-1-19(2-4-20)27(39)35-22-6-8-26(25(32)14-22)37-11-9-36(10-12-37)15-28(40,16-38-18-33-17-34-38)23-7-5-21(30)13-24(23)31/h1-8,13-14,17-18,40H,9-12,15-16H2,(H,35,39). The lowest BCUT2D eigenvalue weighted by molar-refractivity contribution is -0.0227. The number of aliphatic hydroxyl groups is 1. The lowest BCUT2D eigenvalue weighted by atomic mass is 9.92. The fourth-order valence-corrected chi connectivity index (χ4v) is 4.96. The summed E-state index contributed by atoms with van der Waals surface area (Å²) in [5, 5.41) is 18.8. The molecule has 40 heavy (non-hydrogen) atoms. The number of anilines is 2. The van der Waals surface area contributed by atoms with E-state index in [-0.39, 0.29) is 24.6 Å². The zero-order valence-electron chi connectivity index (χ0n) is 21.3. The number of aromatic nitrogens is 3. The first kappa shape index (κ1) is 27.6. The number of piperazine rings is 1.